The Morgan fingerprint density at radius 1 is 1.67 bits per heavy atom. The van der Waals surface area contributed by atoms with Crippen LogP contribution < -0.4 is 5.32 Å². The standard InChI is InChI=1S/C10H17N5/c1-9(4-5-9)10(2,8-11)13-6-3-7-14-15-12/h13H,3-7H2,1-2H3. The minimum absolute atomic E-state index is 0.125. The topological polar surface area (TPSA) is 84.6 Å². The van der Waals surface area contributed by atoms with Crippen LogP contribution in [0.15, 0.2) is 5.11 Å². The van der Waals surface area contributed by atoms with Gasteiger partial charge in [0.05, 0.1) is 6.07 Å². The number of nitrogens with zero attached hydrogens (tertiary/aromatic N) is 4. The number of nitriles is 1. The van der Waals surface area contributed by atoms with E-state index in [4.69, 9.17) is 10.8 Å². The molecule has 1 N–H and O–H groups in total. The van der Waals surface area contributed by atoms with E-state index in [9.17, 15) is 0 Å². The fourth-order valence-corrected chi connectivity index (χ4v) is 1.61. The van der Waals surface area contributed by atoms with Crippen molar-refractivity contribution in [1.82, 2.24) is 5.32 Å². The zero-order chi connectivity index (χ0) is 11.4. The molecule has 0 spiro atoms. The molecule has 1 saturated carbocycles. The summed E-state index contributed by atoms with van der Waals surface area (Å²) in [6.45, 7) is 5.30. The van der Waals surface area contributed by atoms with E-state index in [-0.39, 0.29) is 5.41 Å². The summed E-state index contributed by atoms with van der Waals surface area (Å²) in [4.78, 5) is 2.68. The van der Waals surface area contributed by atoms with E-state index in [0.29, 0.717) is 6.54 Å². The summed E-state index contributed by atoms with van der Waals surface area (Å²) >= 11 is 0. The van der Waals surface area contributed by atoms with Gasteiger partial charge >= 0.3 is 0 Å². The summed E-state index contributed by atoms with van der Waals surface area (Å²) in [5, 5.41) is 15.9. The molecule has 0 heterocycles. The average Bonchev–Trinajstić information content (AvgIpc) is 2.97. The molecule has 0 amide bonds. The fourth-order valence-electron chi connectivity index (χ4n) is 1.61. The zero-order valence-corrected chi connectivity index (χ0v) is 9.32. The van der Waals surface area contributed by atoms with Gasteiger partial charge in [0.2, 0.25) is 0 Å². The first-order chi connectivity index (χ1) is 7.08. The lowest BCUT2D eigenvalue weighted by atomic mass is 9.85. The summed E-state index contributed by atoms with van der Waals surface area (Å²) in [5.41, 5.74) is 7.78. The Balaban J connectivity index is 2.35. The smallest absolute Gasteiger partial charge is 0.109 e. The highest BCUT2D eigenvalue weighted by molar-refractivity contribution is 5.19. The molecular formula is C10H17N5. The largest absolute Gasteiger partial charge is 0.299 e. The highest BCUT2D eigenvalue weighted by Crippen LogP contribution is 2.53. The quantitative estimate of drug-likeness (QED) is 0.314. The van der Waals surface area contributed by atoms with Crippen LogP contribution in [-0.4, -0.2) is 18.6 Å². The van der Waals surface area contributed by atoms with Gasteiger partial charge in [-0.15, -0.1) is 0 Å². The van der Waals surface area contributed by atoms with E-state index in [0.717, 1.165) is 25.8 Å². The molecule has 82 valence electrons. The molecule has 1 fully saturated rings. The number of hydrogen-bond donors (Lipinski definition) is 1. The SMILES string of the molecule is CC1(C(C)(C#N)NCCCN=[N+]=[N-])CC1. The van der Waals surface area contributed by atoms with Gasteiger partial charge in [0, 0.05) is 11.5 Å². The van der Waals surface area contributed by atoms with Crippen molar-refractivity contribution >= 4 is 0 Å². The van der Waals surface area contributed by atoms with Crippen LogP contribution in [0.25, 0.3) is 10.4 Å². The van der Waals surface area contributed by atoms with Crippen LogP contribution in [0.1, 0.15) is 33.1 Å². The monoisotopic (exact) mass is 207 g/mol. The van der Waals surface area contributed by atoms with Gasteiger partial charge in [-0.1, -0.05) is 12.0 Å². The summed E-state index contributed by atoms with van der Waals surface area (Å²) in [7, 11) is 0. The van der Waals surface area contributed by atoms with E-state index in [2.05, 4.69) is 28.3 Å². The molecule has 5 heteroatoms. The van der Waals surface area contributed by atoms with E-state index in [1.54, 1.807) is 0 Å². The highest BCUT2D eigenvalue weighted by atomic mass is 15.1. The lowest BCUT2D eigenvalue weighted by Gasteiger charge is -2.30. The lowest BCUT2D eigenvalue weighted by Crippen LogP contribution is -2.48. The Hall–Kier alpha value is -1.24. The zero-order valence-electron chi connectivity index (χ0n) is 9.32. The average molecular weight is 207 g/mol. The number of hydrogen-bond acceptors (Lipinski definition) is 3. The molecule has 0 aromatic carbocycles. The molecule has 1 atom stereocenters. The summed E-state index contributed by atoms with van der Waals surface area (Å²) in [5.74, 6) is 0. The molecule has 0 aromatic rings. The number of rotatable bonds is 6. The minimum Gasteiger partial charge on any atom is -0.299 e. The molecule has 15 heavy (non-hydrogen) atoms. The molecule has 1 rings (SSSR count). The molecule has 0 aliphatic heterocycles. The second-order valence-corrected chi connectivity index (χ2v) is 4.53. The van der Waals surface area contributed by atoms with E-state index >= 15 is 0 Å². The predicted molar refractivity (Wildman–Crippen MR) is 58.0 cm³/mol. The van der Waals surface area contributed by atoms with Crippen LogP contribution in [-0.2, 0) is 0 Å². The molecule has 0 aromatic heterocycles. The Labute approximate surface area is 90.1 Å². The molecule has 0 radical (unpaired) electrons. The fraction of sp³-hybridized carbons (Fsp3) is 0.900. The maximum Gasteiger partial charge on any atom is 0.109 e. The van der Waals surface area contributed by atoms with E-state index in [1.807, 2.05) is 6.92 Å². The van der Waals surface area contributed by atoms with Crippen molar-refractivity contribution < 1.29 is 0 Å². The van der Waals surface area contributed by atoms with Crippen LogP contribution in [0.4, 0.5) is 0 Å². The summed E-state index contributed by atoms with van der Waals surface area (Å²) in [6, 6.07) is 2.36. The molecule has 0 saturated heterocycles. The Morgan fingerprint density at radius 3 is 2.80 bits per heavy atom. The molecular weight excluding hydrogens is 190 g/mol. The second-order valence-electron chi connectivity index (χ2n) is 4.53. The minimum atomic E-state index is -0.441. The van der Waals surface area contributed by atoms with Gasteiger partial charge in [-0.05, 0) is 43.7 Å². The first kappa shape index (κ1) is 11.8. The van der Waals surface area contributed by atoms with Crippen LogP contribution in [0.2, 0.25) is 0 Å². The summed E-state index contributed by atoms with van der Waals surface area (Å²) < 4.78 is 0. The van der Waals surface area contributed by atoms with Crippen molar-refractivity contribution in [2.45, 2.75) is 38.6 Å². The highest BCUT2D eigenvalue weighted by Gasteiger charge is 2.53. The van der Waals surface area contributed by atoms with Gasteiger partial charge in [0.1, 0.15) is 5.54 Å². The van der Waals surface area contributed by atoms with E-state index < -0.39 is 5.54 Å². The van der Waals surface area contributed by atoms with Gasteiger partial charge in [-0.2, -0.15) is 5.26 Å². The first-order valence-electron chi connectivity index (χ1n) is 5.25. The molecule has 0 bridgehead atoms. The van der Waals surface area contributed by atoms with Gasteiger partial charge < -0.3 is 0 Å². The maximum atomic E-state index is 9.17. The second kappa shape index (κ2) is 4.52. The molecule has 5 nitrogen and oxygen atoms in total. The molecule has 1 unspecified atom stereocenters. The van der Waals surface area contributed by atoms with Crippen LogP contribution in [0.5, 0.6) is 0 Å². The third kappa shape index (κ3) is 2.62. The van der Waals surface area contributed by atoms with Gasteiger partial charge in [-0.3, -0.25) is 5.32 Å². The number of nitrogens with one attached hydrogen (secondary N) is 1. The Morgan fingerprint density at radius 2 is 2.33 bits per heavy atom. The molecule has 1 aliphatic carbocycles. The van der Waals surface area contributed by atoms with Crippen molar-refractivity contribution in [3.8, 4) is 6.07 Å². The van der Waals surface area contributed by atoms with Crippen molar-refractivity contribution in [3.63, 3.8) is 0 Å². The third-order valence-electron chi connectivity index (χ3n) is 3.41. The maximum absolute atomic E-state index is 9.17. The van der Waals surface area contributed by atoms with Crippen LogP contribution in [0.3, 0.4) is 0 Å². The van der Waals surface area contributed by atoms with Crippen LogP contribution >= 0.6 is 0 Å². The normalized spacial score (nSPS) is 20.9. The first-order valence-corrected chi connectivity index (χ1v) is 5.25. The van der Waals surface area contributed by atoms with Gasteiger partial charge in [0.25, 0.3) is 0 Å². The van der Waals surface area contributed by atoms with Crippen molar-refractivity contribution in [2.75, 3.05) is 13.1 Å². The lowest BCUT2D eigenvalue weighted by molar-refractivity contribution is 0.296. The number of azide groups is 1. The Bertz CT molecular complexity index is 308. The van der Waals surface area contributed by atoms with Crippen molar-refractivity contribution in [2.24, 2.45) is 10.5 Å². The third-order valence-corrected chi connectivity index (χ3v) is 3.41. The van der Waals surface area contributed by atoms with Gasteiger partial charge in [-0.25, -0.2) is 0 Å². The predicted octanol–water partition coefficient (Wildman–Crippen LogP) is 2.36. The Kier molecular flexibility index (Phi) is 3.57. The van der Waals surface area contributed by atoms with Crippen molar-refractivity contribution in [1.29, 1.82) is 5.26 Å². The summed E-state index contributed by atoms with van der Waals surface area (Å²) in [6.07, 6.45) is 3.00. The molecule has 1 aliphatic rings. The van der Waals surface area contributed by atoms with Crippen LogP contribution in [0, 0.1) is 16.7 Å². The van der Waals surface area contributed by atoms with Crippen molar-refractivity contribution in [3.05, 3.63) is 10.4 Å². The van der Waals surface area contributed by atoms with E-state index in [1.165, 1.54) is 0 Å². The van der Waals surface area contributed by atoms with Gasteiger partial charge in [0.15, 0.2) is 0 Å².